The fourth-order valence-electron chi connectivity index (χ4n) is 2.86. The van der Waals surface area contributed by atoms with Crippen molar-refractivity contribution in [3.05, 3.63) is 77.8 Å². The van der Waals surface area contributed by atoms with Crippen LogP contribution in [0.1, 0.15) is 29.8 Å². The normalized spacial score (nSPS) is 11.9. The molecule has 2 N–H and O–H groups in total. The predicted molar refractivity (Wildman–Crippen MR) is 106 cm³/mol. The summed E-state index contributed by atoms with van der Waals surface area (Å²) in [5, 5.41) is 9.28. The molecule has 7 nitrogen and oxygen atoms in total. The van der Waals surface area contributed by atoms with Crippen LogP contribution in [0.3, 0.4) is 0 Å². The highest BCUT2D eigenvalue weighted by atomic mass is 19.1. The average molecular weight is 413 g/mol. The van der Waals surface area contributed by atoms with Crippen molar-refractivity contribution in [2.24, 2.45) is 5.92 Å². The van der Waals surface area contributed by atoms with Gasteiger partial charge in [0.05, 0.1) is 0 Å². The number of amides is 2. The number of carbonyl (C=O) groups excluding carboxylic acids is 2. The minimum atomic E-state index is -0.988. The van der Waals surface area contributed by atoms with E-state index in [9.17, 15) is 18.4 Å². The molecule has 156 valence electrons. The SMILES string of the molecule is CC(C)C(NC(=O)c1c(F)cccc1F)C(=O)NCc1ccnc(-n2cccn2)c1. The standard InChI is InChI=1S/C21H21F2N5O2/c1-13(2)19(27-20(29)18-15(22)5-3-6-16(18)23)21(30)25-12-14-7-9-24-17(11-14)28-10-4-8-26-28/h3-11,13,19H,12H2,1-2H3,(H,25,30)(H,27,29). The molecule has 9 heteroatoms. The van der Waals surface area contributed by atoms with Crippen LogP contribution in [0.2, 0.25) is 0 Å². The number of halogens is 2. The molecule has 2 heterocycles. The fourth-order valence-corrected chi connectivity index (χ4v) is 2.86. The summed E-state index contributed by atoms with van der Waals surface area (Å²) in [5.41, 5.74) is 0.0618. The number of nitrogens with zero attached hydrogens (tertiary/aromatic N) is 3. The second-order valence-corrected chi connectivity index (χ2v) is 6.98. The van der Waals surface area contributed by atoms with Crippen LogP contribution in [0.5, 0.6) is 0 Å². The van der Waals surface area contributed by atoms with Crippen molar-refractivity contribution in [2.45, 2.75) is 26.4 Å². The van der Waals surface area contributed by atoms with E-state index < -0.39 is 35.1 Å². The molecule has 1 unspecified atom stereocenters. The maximum atomic E-state index is 13.9. The summed E-state index contributed by atoms with van der Waals surface area (Å²) < 4.78 is 29.3. The van der Waals surface area contributed by atoms with E-state index in [1.807, 2.05) is 0 Å². The lowest BCUT2D eigenvalue weighted by molar-refractivity contribution is -0.124. The Morgan fingerprint density at radius 3 is 2.47 bits per heavy atom. The third-order valence-corrected chi connectivity index (χ3v) is 4.44. The molecule has 30 heavy (non-hydrogen) atoms. The number of nitrogens with one attached hydrogen (secondary N) is 2. The van der Waals surface area contributed by atoms with Gasteiger partial charge in [-0.1, -0.05) is 19.9 Å². The summed E-state index contributed by atoms with van der Waals surface area (Å²) in [5.74, 6) is -3.13. The Hall–Kier alpha value is -3.62. The number of benzene rings is 1. The molecule has 2 amide bonds. The number of hydrogen-bond acceptors (Lipinski definition) is 4. The molecular formula is C21H21F2N5O2. The summed E-state index contributed by atoms with van der Waals surface area (Å²) in [6.45, 7) is 3.64. The minimum absolute atomic E-state index is 0.183. The molecule has 1 aromatic carbocycles. The summed E-state index contributed by atoms with van der Waals surface area (Å²) in [7, 11) is 0. The molecule has 0 saturated carbocycles. The lowest BCUT2D eigenvalue weighted by atomic mass is 10.0. The first-order chi connectivity index (χ1) is 14.4. The Morgan fingerprint density at radius 1 is 1.10 bits per heavy atom. The van der Waals surface area contributed by atoms with Gasteiger partial charge in [-0.25, -0.2) is 18.4 Å². The molecule has 0 aliphatic carbocycles. The highest BCUT2D eigenvalue weighted by Crippen LogP contribution is 2.13. The number of hydrogen-bond donors (Lipinski definition) is 2. The molecule has 0 bridgehead atoms. The Labute approximate surface area is 172 Å². The van der Waals surface area contributed by atoms with Crippen LogP contribution in [-0.4, -0.2) is 32.6 Å². The van der Waals surface area contributed by atoms with E-state index in [1.165, 1.54) is 6.07 Å². The highest BCUT2D eigenvalue weighted by molar-refractivity contribution is 5.98. The maximum absolute atomic E-state index is 13.9. The van der Waals surface area contributed by atoms with Gasteiger partial charge in [-0.3, -0.25) is 9.59 Å². The van der Waals surface area contributed by atoms with E-state index in [2.05, 4.69) is 20.7 Å². The van der Waals surface area contributed by atoms with Crippen LogP contribution in [0, 0.1) is 17.6 Å². The Kier molecular flexibility index (Phi) is 6.51. The predicted octanol–water partition coefficient (Wildman–Crippen LogP) is 2.62. The van der Waals surface area contributed by atoms with Crippen molar-refractivity contribution in [1.29, 1.82) is 0 Å². The first-order valence-electron chi connectivity index (χ1n) is 9.34. The second-order valence-electron chi connectivity index (χ2n) is 6.98. The van der Waals surface area contributed by atoms with Gasteiger partial charge in [-0.05, 0) is 41.8 Å². The Balaban J connectivity index is 1.68. The lowest BCUT2D eigenvalue weighted by Crippen LogP contribution is -2.49. The number of pyridine rings is 1. The molecular weight excluding hydrogens is 392 g/mol. The number of rotatable bonds is 7. The molecule has 0 radical (unpaired) electrons. The molecule has 1 atom stereocenters. The van der Waals surface area contributed by atoms with Gasteiger partial charge in [0.2, 0.25) is 5.91 Å². The summed E-state index contributed by atoms with van der Waals surface area (Å²) in [6, 6.07) is 7.45. The Bertz CT molecular complexity index is 1020. The van der Waals surface area contributed by atoms with Gasteiger partial charge in [-0.15, -0.1) is 0 Å². The van der Waals surface area contributed by atoms with E-state index in [4.69, 9.17) is 0 Å². The van der Waals surface area contributed by atoms with Gasteiger partial charge >= 0.3 is 0 Å². The zero-order chi connectivity index (χ0) is 21.7. The van der Waals surface area contributed by atoms with Gasteiger partial charge in [0.15, 0.2) is 5.82 Å². The highest BCUT2D eigenvalue weighted by Gasteiger charge is 2.27. The van der Waals surface area contributed by atoms with Crippen molar-refractivity contribution >= 4 is 11.8 Å². The molecule has 0 fully saturated rings. The van der Waals surface area contributed by atoms with Crippen molar-refractivity contribution in [2.75, 3.05) is 0 Å². The zero-order valence-electron chi connectivity index (χ0n) is 16.5. The van der Waals surface area contributed by atoms with Gasteiger partial charge in [0.1, 0.15) is 23.2 Å². The molecule has 0 spiro atoms. The fraction of sp³-hybridized carbons (Fsp3) is 0.238. The average Bonchev–Trinajstić information content (AvgIpc) is 3.25. The third-order valence-electron chi connectivity index (χ3n) is 4.44. The van der Waals surface area contributed by atoms with Gasteiger partial charge in [0.25, 0.3) is 5.91 Å². The van der Waals surface area contributed by atoms with Crippen LogP contribution in [0.4, 0.5) is 8.78 Å². The second kappa shape index (κ2) is 9.25. The van der Waals surface area contributed by atoms with Gasteiger partial charge in [0, 0.05) is 25.1 Å². The van der Waals surface area contributed by atoms with E-state index in [1.54, 1.807) is 55.3 Å². The van der Waals surface area contributed by atoms with Gasteiger partial charge < -0.3 is 10.6 Å². The van der Waals surface area contributed by atoms with Crippen molar-refractivity contribution < 1.29 is 18.4 Å². The quantitative estimate of drug-likeness (QED) is 0.623. The first-order valence-corrected chi connectivity index (χ1v) is 9.34. The van der Waals surface area contributed by atoms with Crippen molar-refractivity contribution in [3.8, 4) is 5.82 Å². The van der Waals surface area contributed by atoms with Crippen LogP contribution in [0.25, 0.3) is 5.82 Å². The van der Waals surface area contributed by atoms with Gasteiger partial charge in [-0.2, -0.15) is 5.10 Å². The largest absolute Gasteiger partial charge is 0.350 e. The Morgan fingerprint density at radius 2 is 1.83 bits per heavy atom. The third kappa shape index (κ3) is 4.86. The summed E-state index contributed by atoms with van der Waals surface area (Å²) >= 11 is 0. The van der Waals surface area contributed by atoms with Crippen LogP contribution in [-0.2, 0) is 11.3 Å². The summed E-state index contributed by atoms with van der Waals surface area (Å²) in [6.07, 6.45) is 4.97. The van der Waals surface area contributed by atoms with E-state index >= 15 is 0 Å². The minimum Gasteiger partial charge on any atom is -0.350 e. The molecule has 2 aromatic heterocycles. The molecule has 3 rings (SSSR count). The van der Waals surface area contributed by atoms with Crippen LogP contribution in [0.15, 0.2) is 55.0 Å². The lowest BCUT2D eigenvalue weighted by Gasteiger charge is -2.22. The van der Waals surface area contributed by atoms with E-state index in [0.717, 1.165) is 17.7 Å². The van der Waals surface area contributed by atoms with Crippen molar-refractivity contribution in [1.82, 2.24) is 25.4 Å². The molecule has 0 aliphatic rings. The molecule has 3 aromatic rings. The monoisotopic (exact) mass is 413 g/mol. The van der Waals surface area contributed by atoms with Crippen LogP contribution < -0.4 is 10.6 Å². The zero-order valence-corrected chi connectivity index (χ0v) is 16.5. The topological polar surface area (TPSA) is 88.9 Å². The molecule has 0 saturated heterocycles. The smallest absolute Gasteiger partial charge is 0.257 e. The summed E-state index contributed by atoms with van der Waals surface area (Å²) in [4.78, 5) is 29.3. The maximum Gasteiger partial charge on any atom is 0.257 e. The number of aromatic nitrogens is 3. The first kappa shape index (κ1) is 21.1. The van der Waals surface area contributed by atoms with E-state index in [0.29, 0.717) is 5.82 Å². The number of carbonyl (C=O) groups is 2. The van der Waals surface area contributed by atoms with E-state index in [-0.39, 0.29) is 12.5 Å². The van der Waals surface area contributed by atoms with Crippen LogP contribution >= 0.6 is 0 Å². The van der Waals surface area contributed by atoms with Crippen molar-refractivity contribution in [3.63, 3.8) is 0 Å². The molecule has 0 aliphatic heterocycles.